The molecule has 8 heteroatoms. The van der Waals surface area contributed by atoms with E-state index in [1.807, 2.05) is 5.38 Å². The highest BCUT2D eigenvalue weighted by Crippen LogP contribution is 2.43. The maximum Gasteiger partial charge on any atom is 0.294 e. The Hall–Kier alpha value is -0.960. The van der Waals surface area contributed by atoms with Crippen LogP contribution in [0.15, 0.2) is 26.2 Å². The van der Waals surface area contributed by atoms with Crippen molar-refractivity contribution in [1.82, 2.24) is 4.98 Å². The predicted molar refractivity (Wildman–Crippen MR) is 67.8 cm³/mol. The molecule has 0 aliphatic rings. The molecule has 0 amide bonds. The number of nitrogens with zero attached hydrogens (tertiary/aromatic N) is 2. The molecule has 2 heterocycles. The number of thiazole rings is 1. The highest BCUT2D eigenvalue weighted by molar-refractivity contribution is 8.02. The Bertz CT molecular complexity index is 522. The zero-order chi connectivity index (χ0) is 12.4. The molecule has 0 saturated heterocycles. The third-order valence-electron chi connectivity index (χ3n) is 1.90. The average molecular weight is 288 g/mol. The summed E-state index contributed by atoms with van der Waals surface area (Å²) in [4.78, 5) is 15.1. The first-order chi connectivity index (χ1) is 8.08. The van der Waals surface area contributed by atoms with Gasteiger partial charge in [-0.15, -0.1) is 22.7 Å². The van der Waals surface area contributed by atoms with Crippen LogP contribution >= 0.6 is 34.4 Å². The summed E-state index contributed by atoms with van der Waals surface area (Å²) in [7, 11) is 0. The summed E-state index contributed by atoms with van der Waals surface area (Å²) >= 11 is 3.92. The van der Waals surface area contributed by atoms with E-state index in [4.69, 9.17) is 0 Å². The second-order valence-electron chi connectivity index (χ2n) is 3.15. The van der Waals surface area contributed by atoms with E-state index in [2.05, 4.69) is 4.98 Å². The topological polar surface area (TPSA) is 76.3 Å². The van der Waals surface area contributed by atoms with Gasteiger partial charge in [0.25, 0.3) is 5.69 Å². The third-order valence-corrected chi connectivity index (χ3v) is 5.26. The van der Waals surface area contributed by atoms with Crippen LogP contribution in [0.4, 0.5) is 5.69 Å². The second-order valence-corrected chi connectivity index (χ2v) is 6.65. The summed E-state index contributed by atoms with van der Waals surface area (Å²) in [5.41, 5.74) is 0.0334. The quantitative estimate of drug-likeness (QED) is 0.690. The van der Waals surface area contributed by atoms with Crippen molar-refractivity contribution in [2.24, 2.45) is 0 Å². The largest absolute Gasteiger partial charge is 0.388 e. The monoisotopic (exact) mass is 288 g/mol. The molecule has 0 unspecified atom stereocenters. The SMILES string of the molecule is C[C@@H](O)c1cc([N+](=O)[O-])c(Sc2nccs2)s1. The molecular weight excluding hydrogens is 280 g/mol. The minimum atomic E-state index is -0.690. The molecule has 0 bridgehead atoms. The Morgan fingerprint density at radius 1 is 1.65 bits per heavy atom. The number of nitro groups is 1. The van der Waals surface area contributed by atoms with Gasteiger partial charge in [0.15, 0.2) is 4.34 Å². The van der Waals surface area contributed by atoms with Gasteiger partial charge in [0.1, 0.15) is 4.21 Å². The lowest BCUT2D eigenvalue weighted by Gasteiger charge is -1.95. The fourth-order valence-corrected chi connectivity index (χ4v) is 4.25. The van der Waals surface area contributed by atoms with Crippen LogP contribution in [0.1, 0.15) is 17.9 Å². The number of thiophene rings is 1. The Morgan fingerprint density at radius 3 is 2.94 bits per heavy atom. The first-order valence-corrected chi connectivity index (χ1v) is 7.12. The molecule has 0 aromatic carbocycles. The maximum absolute atomic E-state index is 10.9. The van der Waals surface area contributed by atoms with Crippen molar-refractivity contribution in [3.63, 3.8) is 0 Å². The van der Waals surface area contributed by atoms with Gasteiger partial charge in [-0.2, -0.15) is 0 Å². The number of aliphatic hydroxyl groups excluding tert-OH is 1. The first-order valence-electron chi connectivity index (χ1n) is 4.61. The number of hydrogen-bond donors (Lipinski definition) is 1. The number of rotatable bonds is 4. The molecule has 17 heavy (non-hydrogen) atoms. The van der Waals surface area contributed by atoms with Crippen LogP contribution in [0.2, 0.25) is 0 Å². The van der Waals surface area contributed by atoms with E-state index in [-0.39, 0.29) is 5.69 Å². The zero-order valence-electron chi connectivity index (χ0n) is 8.69. The fraction of sp³-hybridized carbons (Fsp3) is 0.222. The first kappa shape index (κ1) is 12.5. The molecule has 2 aromatic heterocycles. The van der Waals surface area contributed by atoms with Gasteiger partial charge in [-0.05, 0) is 18.7 Å². The normalized spacial score (nSPS) is 12.6. The number of aliphatic hydroxyl groups is 1. The molecule has 2 aromatic rings. The molecule has 0 aliphatic carbocycles. The van der Waals surface area contributed by atoms with Gasteiger partial charge in [0.05, 0.1) is 11.0 Å². The van der Waals surface area contributed by atoms with Crippen molar-refractivity contribution in [3.8, 4) is 0 Å². The Labute approximate surface area is 109 Å². The van der Waals surface area contributed by atoms with E-state index in [0.717, 1.165) is 4.34 Å². The highest BCUT2D eigenvalue weighted by atomic mass is 32.2. The molecule has 2 rings (SSSR count). The zero-order valence-corrected chi connectivity index (χ0v) is 11.1. The maximum atomic E-state index is 10.9. The van der Waals surface area contributed by atoms with E-state index in [1.54, 1.807) is 13.1 Å². The summed E-state index contributed by atoms with van der Waals surface area (Å²) in [6.45, 7) is 1.59. The summed E-state index contributed by atoms with van der Waals surface area (Å²) < 4.78 is 1.31. The molecule has 0 spiro atoms. The lowest BCUT2D eigenvalue weighted by atomic mass is 10.3. The third kappa shape index (κ3) is 2.83. The van der Waals surface area contributed by atoms with Gasteiger partial charge >= 0.3 is 0 Å². The van der Waals surface area contributed by atoms with Crippen molar-refractivity contribution in [2.45, 2.75) is 21.6 Å². The molecule has 0 radical (unpaired) electrons. The number of aromatic nitrogens is 1. The molecule has 5 nitrogen and oxygen atoms in total. The molecule has 0 aliphatic heterocycles. The lowest BCUT2D eigenvalue weighted by Crippen LogP contribution is -1.87. The minimum Gasteiger partial charge on any atom is -0.388 e. The second kappa shape index (κ2) is 5.13. The van der Waals surface area contributed by atoms with E-state index in [0.29, 0.717) is 9.09 Å². The fourth-order valence-electron chi connectivity index (χ4n) is 1.13. The lowest BCUT2D eigenvalue weighted by molar-refractivity contribution is -0.387. The summed E-state index contributed by atoms with van der Waals surface area (Å²) in [5, 5.41) is 22.1. The average Bonchev–Trinajstić information content (AvgIpc) is 2.87. The van der Waals surface area contributed by atoms with Crippen molar-refractivity contribution in [2.75, 3.05) is 0 Å². The van der Waals surface area contributed by atoms with Gasteiger partial charge in [0, 0.05) is 22.5 Å². The van der Waals surface area contributed by atoms with Crippen LogP contribution in [0.3, 0.4) is 0 Å². The van der Waals surface area contributed by atoms with Crippen molar-refractivity contribution in [1.29, 1.82) is 0 Å². The summed E-state index contributed by atoms with van der Waals surface area (Å²) in [6.07, 6.45) is 0.964. The van der Waals surface area contributed by atoms with Crippen molar-refractivity contribution < 1.29 is 10.0 Å². The van der Waals surface area contributed by atoms with Crippen LogP contribution in [0.5, 0.6) is 0 Å². The van der Waals surface area contributed by atoms with Crippen LogP contribution in [-0.4, -0.2) is 15.0 Å². The van der Waals surface area contributed by atoms with Crippen LogP contribution in [-0.2, 0) is 0 Å². The molecule has 90 valence electrons. The van der Waals surface area contributed by atoms with Gasteiger partial charge in [-0.3, -0.25) is 10.1 Å². The standard InChI is InChI=1S/C9H8N2O3S3/c1-5(12)7-4-6(11(13)14)8(16-7)17-9-10-2-3-15-9/h2-5,12H,1H3/t5-/m1/s1. The molecular formula is C9H8N2O3S3. The Balaban J connectivity index is 2.34. The van der Waals surface area contributed by atoms with Crippen LogP contribution in [0.25, 0.3) is 0 Å². The van der Waals surface area contributed by atoms with Crippen molar-refractivity contribution >= 4 is 40.1 Å². The molecule has 1 N–H and O–H groups in total. The Morgan fingerprint density at radius 2 is 2.41 bits per heavy atom. The minimum absolute atomic E-state index is 0.0334. The van der Waals surface area contributed by atoms with Crippen molar-refractivity contribution in [3.05, 3.63) is 32.6 Å². The molecule has 1 atom stereocenters. The van der Waals surface area contributed by atoms with E-state index in [1.165, 1.54) is 40.5 Å². The summed E-state index contributed by atoms with van der Waals surface area (Å²) in [5.74, 6) is 0. The smallest absolute Gasteiger partial charge is 0.294 e. The van der Waals surface area contributed by atoms with E-state index in [9.17, 15) is 15.2 Å². The van der Waals surface area contributed by atoms with Gasteiger partial charge < -0.3 is 5.11 Å². The molecule has 0 fully saturated rings. The summed E-state index contributed by atoms with van der Waals surface area (Å²) in [6, 6.07) is 1.42. The molecule has 0 saturated carbocycles. The highest BCUT2D eigenvalue weighted by Gasteiger charge is 2.22. The predicted octanol–water partition coefficient (Wildman–Crippen LogP) is 3.32. The van der Waals surface area contributed by atoms with Crippen LogP contribution < -0.4 is 0 Å². The van der Waals surface area contributed by atoms with E-state index >= 15 is 0 Å². The van der Waals surface area contributed by atoms with Gasteiger partial charge in [-0.25, -0.2) is 4.98 Å². The van der Waals surface area contributed by atoms with Gasteiger partial charge in [0.2, 0.25) is 0 Å². The number of hydrogen-bond acceptors (Lipinski definition) is 7. The van der Waals surface area contributed by atoms with Gasteiger partial charge in [-0.1, -0.05) is 0 Å². The van der Waals surface area contributed by atoms with E-state index < -0.39 is 11.0 Å². The van der Waals surface area contributed by atoms with Crippen LogP contribution in [0, 0.1) is 10.1 Å². The Kier molecular flexibility index (Phi) is 3.77.